The summed E-state index contributed by atoms with van der Waals surface area (Å²) in [5, 5.41) is 9.14. The maximum atomic E-state index is 12.0. The molecule has 0 bridgehead atoms. The molecule has 22 heavy (non-hydrogen) atoms. The summed E-state index contributed by atoms with van der Waals surface area (Å²) < 4.78 is 0. The molecule has 2 aromatic rings. The maximum Gasteiger partial charge on any atom is 0.270 e. The van der Waals surface area contributed by atoms with Crippen molar-refractivity contribution in [3.05, 3.63) is 40.4 Å². The first-order valence-corrected chi connectivity index (χ1v) is 8.21. The molecule has 0 saturated heterocycles. The van der Waals surface area contributed by atoms with E-state index in [-0.39, 0.29) is 5.91 Å². The van der Waals surface area contributed by atoms with Gasteiger partial charge in [-0.3, -0.25) is 4.79 Å². The van der Waals surface area contributed by atoms with E-state index in [1.807, 2.05) is 26.2 Å². The van der Waals surface area contributed by atoms with Gasteiger partial charge in [0, 0.05) is 22.6 Å². The number of hydrogen-bond acceptors (Lipinski definition) is 5. The van der Waals surface area contributed by atoms with Gasteiger partial charge in [-0.15, -0.1) is 11.3 Å². The third-order valence-corrected chi connectivity index (χ3v) is 3.91. The summed E-state index contributed by atoms with van der Waals surface area (Å²) in [5.41, 5.74) is 1.32. The molecule has 0 unspecified atom stereocenters. The Kier molecular flexibility index (Phi) is 6.18. The van der Waals surface area contributed by atoms with E-state index in [0.29, 0.717) is 22.4 Å². The van der Waals surface area contributed by atoms with Gasteiger partial charge in [0.2, 0.25) is 0 Å². The molecule has 1 aromatic carbocycles. The van der Waals surface area contributed by atoms with Gasteiger partial charge in [0.15, 0.2) is 5.13 Å². The smallest absolute Gasteiger partial charge is 0.270 e. The van der Waals surface area contributed by atoms with Crippen LogP contribution in [0.15, 0.2) is 29.6 Å². The molecule has 7 heteroatoms. The molecule has 0 saturated carbocycles. The van der Waals surface area contributed by atoms with E-state index in [2.05, 4.69) is 20.5 Å². The minimum absolute atomic E-state index is 0.140. The Morgan fingerprint density at radius 3 is 2.73 bits per heavy atom. The van der Waals surface area contributed by atoms with Crippen LogP contribution in [0.2, 0.25) is 5.02 Å². The first kappa shape index (κ1) is 16.7. The van der Waals surface area contributed by atoms with Gasteiger partial charge in [0.25, 0.3) is 5.91 Å². The Morgan fingerprint density at radius 1 is 1.32 bits per heavy atom. The Balaban J connectivity index is 1.85. The SMILES string of the molecule is CN(C)CCCNC(=O)c1csc(Nc2ccc(Cl)cc2)n1. The number of halogens is 1. The Bertz CT molecular complexity index is 612. The molecule has 118 valence electrons. The second-order valence-corrected chi connectivity index (χ2v) is 6.38. The lowest BCUT2D eigenvalue weighted by Crippen LogP contribution is -2.27. The summed E-state index contributed by atoms with van der Waals surface area (Å²) in [7, 11) is 4.02. The summed E-state index contributed by atoms with van der Waals surface area (Å²) in [6, 6.07) is 7.33. The fraction of sp³-hybridized carbons (Fsp3) is 0.333. The van der Waals surface area contributed by atoms with Crippen molar-refractivity contribution in [1.29, 1.82) is 0 Å². The lowest BCUT2D eigenvalue weighted by Gasteiger charge is -2.09. The zero-order chi connectivity index (χ0) is 15.9. The zero-order valence-electron chi connectivity index (χ0n) is 12.6. The van der Waals surface area contributed by atoms with Crippen molar-refractivity contribution < 1.29 is 4.79 Å². The number of carbonyl (C=O) groups excluding carboxylic acids is 1. The Labute approximate surface area is 139 Å². The predicted molar refractivity (Wildman–Crippen MR) is 92.4 cm³/mol. The second kappa shape index (κ2) is 8.12. The number of rotatable bonds is 7. The van der Waals surface area contributed by atoms with Crippen LogP contribution in [0.4, 0.5) is 10.8 Å². The van der Waals surface area contributed by atoms with E-state index >= 15 is 0 Å². The van der Waals surface area contributed by atoms with E-state index in [1.165, 1.54) is 11.3 Å². The Morgan fingerprint density at radius 2 is 2.05 bits per heavy atom. The van der Waals surface area contributed by atoms with Crippen LogP contribution in [-0.4, -0.2) is 43.0 Å². The number of carbonyl (C=O) groups is 1. The molecule has 2 rings (SSSR count). The summed E-state index contributed by atoms with van der Waals surface area (Å²) in [6.45, 7) is 1.59. The highest BCUT2D eigenvalue weighted by Gasteiger charge is 2.10. The number of thiazole rings is 1. The number of nitrogens with zero attached hydrogens (tertiary/aromatic N) is 2. The third-order valence-electron chi connectivity index (χ3n) is 2.90. The molecule has 0 fully saturated rings. The largest absolute Gasteiger partial charge is 0.351 e. The first-order chi connectivity index (χ1) is 10.5. The number of aromatic nitrogens is 1. The highest BCUT2D eigenvalue weighted by Crippen LogP contribution is 2.22. The van der Waals surface area contributed by atoms with Gasteiger partial charge in [-0.05, 0) is 51.3 Å². The van der Waals surface area contributed by atoms with Crippen LogP contribution in [-0.2, 0) is 0 Å². The average molecular weight is 339 g/mol. The molecule has 5 nitrogen and oxygen atoms in total. The normalized spacial score (nSPS) is 10.7. The fourth-order valence-electron chi connectivity index (χ4n) is 1.78. The van der Waals surface area contributed by atoms with Crippen LogP contribution < -0.4 is 10.6 Å². The molecule has 0 spiro atoms. The molecular formula is C15H19ClN4OS. The fourth-order valence-corrected chi connectivity index (χ4v) is 2.62. The van der Waals surface area contributed by atoms with Crippen molar-refractivity contribution in [3.8, 4) is 0 Å². The van der Waals surface area contributed by atoms with Crippen molar-refractivity contribution in [2.24, 2.45) is 0 Å². The third kappa shape index (κ3) is 5.29. The van der Waals surface area contributed by atoms with Crippen LogP contribution in [0.1, 0.15) is 16.9 Å². The molecule has 1 amide bonds. The van der Waals surface area contributed by atoms with Crippen molar-refractivity contribution in [2.45, 2.75) is 6.42 Å². The van der Waals surface area contributed by atoms with Crippen LogP contribution in [0.3, 0.4) is 0 Å². The Hall–Kier alpha value is -1.63. The number of amides is 1. The van der Waals surface area contributed by atoms with Crippen LogP contribution in [0.25, 0.3) is 0 Å². The monoisotopic (exact) mass is 338 g/mol. The van der Waals surface area contributed by atoms with E-state index in [9.17, 15) is 4.79 Å². The summed E-state index contributed by atoms with van der Waals surface area (Å²) >= 11 is 7.24. The highest BCUT2D eigenvalue weighted by molar-refractivity contribution is 7.14. The van der Waals surface area contributed by atoms with Crippen LogP contribution in [0.5, 0.6) is 0 Å². The van der Waals surface area contributed by atoms with Crippen molar-refractivity contribution in [3.63, 3.8) is 0 Å². The van der Waals surface area contributed by atoms with Gasteiger partial charge in [-0.25, -0.2) is 4.98 Å². The number of benzene rings is 1. The minimum atomic E-state index is -0.140. The molecule has 0 aliphatic heterocycles. The molecule has 2 N–H and O–H groups in total. The lowest BCUT2D eigenvalue weighted by atomic mass is 10.3. The predicted octanol–water partition coefficient (Wildman–Crippen LogP) is 3.22. The first-order valence-electron chi connectivity index (χ1n) is 6.95. The van der Waals surface area contributed by atoms with Crippen molar-refractivity contribution in [1.82, 2.24) is 15.2 Å². The van der Waals surface area contributed by atoms with Gasteiger partial charge in [0.05, 0.1) is 0 Å². The average Bonchev–Trinajstić information content (AvgIpc) is 2.94. The van der Waals surface area contributed by atoms with E-state index < -0.39 is 0 Å². The van der Waals surface area contributed by atoms with Crippen LogP contribution in [0, 0.1) is 0 Å². The second-order valence-electron chi connectivity index (χ2n) is 5.08. The molecule has 1 heterocycles. The van der Waals surface area contributed by atoms with Crippen LogP contribution >= 0.6 is 22.9 Å². The van der Waals surface area contributed by atoms with Gasteiger partial charge in [-0.1, -0.05) is 11.6 Å². The number of hydrogen-bond donors (Lipinski definition) is 2. The van der Waals surface area contributed by atoms with Gasteiger partial charge in [0.1, 0.15) is 5.69 Å². The van der Waals surface area contributed by atoms with Gasteiger partial charge >= 0.3 is 0 Å². The molecule has 0 atom stereocenters. The highest BCUT2D eigenvalue weighted by atomic mass is 35.5. The molecule has 0 aliphatic rings. The molecule has 0 radical (unpaired) electrons. The minimum Gasteiger partial charge on any atom is -0.351 e. The van der Waals surface area contributed by atoms with Crippen molar-refractivity contribution in [2.75, 3.05) is 32.5 Å². The zero-order valence-corrected chi connectivity index (χ0v) is 14.2. The summed E-state index contributed by atoms with van der Waals surface area (Å²) in [4.78, 5) is 18.4. The lowest BCUT2D eigenvalue weighted by molar-refractivity contribution is 0.0948. The summed E-state index contributed by atoms with van der Waals surface area (Å²) in [5.74, 6) is -0.140. The maximum absolute atomic E-state index is 12.0. The van der Waals surface area contributed by atoms with Crippen molar-refractivity contribution >= 4 is 39.7 Å². The molecule has 0 aliphatic carbocycles. The molecule has 1 aromatic heterocycles. The summed E-state index contributed by atoms with van der Waals surface area (Å²) in [6.07, 6.45) is 0.915. The van der Waals surface area contributed by atoms with Gasteiger partial charge < -0.3 is 15.5 Å². The topological polar surface area (TPSA) is 57.3 Å². The molecular weight excluding hydrogens is 320 g/mol. The standard InChI is InChI=1S/C15H19ClN4OS/c1-20(2)9-3-8-17-14(21)13-10-22-15(19-13)18-12-6-4-11(16)5-7-12/h4-7,10H,3,8-9H2,1-2H3,(H,17,21)(H,18,19). The van der Waals surface area contributed by atoms with E-state index in [0.717, 1.165) is 18.7 Å². The quantitative estimate of drug-likeness (QED) is 0.761. The van der Waals surface area contributed by atoms with Gasteiger partial charge in [-0.2, -0.15) is 0 Å². The number of anilines is 2. The van der Waals surface area contributed by atoms with E-state index in [1.54, 1.807) is 17.5 Å². The number of nitrogens with one attached hydrogen (secondary N) is 2. The van der Waals surface area contributed by atoms with E-state index in [4.69, 9.17) is 11.6 Å².